The van der Waals surface area contributed by atoms with Gasteiger partial charge in [0.15, 0.2) is 0 Å². The van der Waals surface area contributed by atoms with Crippen molar-refractivity contribution in [3.05, 3.63) is 77.2 Å². The fraction of sp³-hybridized carbons (Fsp3) is 0. The third kappa shape index (κ3) is 2.76. The van der Waals surface area contributed by atoms with Crippen LogP contribution in [0.2, 0.25) is 0 Å². The Balaban J connectivity index is 2.37. The Kier molecular flexibility index (Phi) is 3.27. The molecule has 82 valence electrons. The zero-order valence-electron chi connectivity index (χ0n) is 8.97. The van der Waals surface area contributed by atoms with Gasteiger partial charge in [-0.2, -0.15) is 0 Å². The van der Waals surface area contributed by atoms with Gasteiger partial charge in [0.25, 0.3) is 0 Å². The molecule has 0 bridgehead atoms. The van der Waals surface area contributed by atoms with Gasteiger partial charge < -0.3 is 0 Å². The molecule has 2 nitrogen and oxygen atoms in total. The van der Waals surface area contributed by atoms with Gasteiger partial charge in [0.2, 0.25) is 5.70 Å². The van der Waals surface area contributed by atoms with Crippen LogP contribution in [-0.2, 0) is 0 Å². The summed E-state index contributed by atoms with van der Waals surface area (Å²) >= 11 is 0. The van der Waals surface area contributed by atoms with Crippen molar-refractivity contribution < 1.29 is 4.39 Å². The molecule has 0 N–H and O–H groups in total. The van der Waals surface area contributed by atoms with Gasteiger partial charge in [0, 0.05) is 6.20 Å². The van der Waals surface area contributed by atoms with Gasteiger partial charge in [-0.25, -0.2) is 9.24 Å². The van der Waals surface area contributed by atoms with Crippen LogP contribution < -0.4 is 0 Å². The third-order valence-corrected chi connectivity index (χ3v) is 2.22. The van der Waals surface area contributed by atoms with Crippen molar-refractivity contribution in [3.8, 4) is 0 Å². The summed E-state index contributed by atoms with van der Waals surface area (Å²) in [6, 6.07) is 11.4. The van der Waals surface area contributed by atoms with Crippen LogP contribution in [0.4, 0.5) is 4.39 Å². The summed E-state index contributed by atoms with van der Waals surface area (Å²) in [4.78, 5) is 7.54. The average Bonchev–Trinajstić information content (AvgIpc) is 2.39. The Morgan fingerprint density at radius 3 is 2.53 bits per heavy atom. The minimum absolute atomic E-state index is 0.288. The summed E-state index contributed by atoms with van der Waals surface area (Å²) in [6.07, 6.45) is 3.33. The van der Waals surface area contributed by atoms with E-state index in [2.05, 4.69) is 9.83 Å². The van der Waals surface area contributed by atoms with E-state index in [0.717, 1.165) is 5.56 Å². The molecule has 0 saturated carbocycles. The Morgan fingerprint density at radius 1 is 1.18 bits per heavy atom. The maximum atomic E-state index is 12.7. The molecule has 2 aromatic rings. The Labute approximate surface area is 98.9 Å². The SMILES string of the molecule is [C-]#[N+]C(=Cc1ccc(F)cc1)c1ccccn1. The van der Waals surface area contributed by atoms with E-state index in [1.165, 1.54) is 12.1 Å². The average molecular weight is 224 g/mol. The maximum Gasteiger partial charge on any atom is 0.212 e. The fourth-order valence-corrected chi connectivity index (χ4v) is 1.39. The van der Waals surface area contributed by atoms with Crippen LogP contribution in [-0.4, -0.2) is 4.98 Å². The standard InChI is InChI=1S/C14H9FN2/c1-16-14(13-4-2-3-9-17-13)10-11-5-7-12(15)8-6-11/h2-10H. The molecule has 1 heterocycles. The van der Waals surface area contributed by atoms with Gasteiger partial charge in [-0.15, -0.1) is 0 Å². The molecule has 0 aliphatic heterocycles. The van der Waals surface area contributed by atoms with Crippen LogP contribution in [0.5, 0.6) is 0 Å². The normalized spacial score (nSPS) is 10.9. The van der Waals surface area contributed by atoms with E-state index in [9.17, 15) is 4.39 Å². The zero-order valence-corrected chi connectivity index (χ0v) is 8.97. The minimum atomic E-state index is -0.288. The number of aromatic nitrogens is 1. The second-order valence-corrected chi connectivity index (χ2v) is 3.41. The van der Waals surface area contributed by atoms with Gasteiger partial charge in [-0.1, -0.05) is 18.2 Å². The lowest BCUT2D eigenvalue weighted by molar-refractivity contribution is 0.628. The molecule has 1 aromatic carbocycles. The number of rotatable bonds is 2. The van der Waals surface area contributed by atoms with Crippen molar-refractivity contribution in [1.29, 1.82) is 0 Å². The van der Waals surface area contributed by atoms with E-state index in [1.807, 2.05) is 6.07 Å². The summed E-state index contributed by atoms with van der Waals surface area (Å²) in [7, 11) is 0. The van der Waals surface area contributed by atoms with E-state index >= 15 is 0 Å². The molecule has 0 aliphatic carbocycles. The van der Waals surface area contributed by atoms with Gasteiger partial charge >= 0.3 is 0 Å². The molecule has 0 spiro atoms. The zero-order chi connectivity index (χ0) is 12.1. The van der Waals surface area contributed by atoms with Crippen LogP contribution in [0.1, 0.15) is 11.3 Å². The van der Waals surface area contributed by atoms with Crippen molar-refractivity contribution >= 4 is 11.8 Å². The Morgan fingerprint density at radius 2 is 1.94 bits per heavy atom. The Bertz CT molecular complexity index is 565. The highest BCUT2D eigenvalue weighted by molar-refractivity contribution is 5.83. The van der Waals surface area contributed by atoms with Gasteiger partial charge in [-0.3, -0.25) is 4.98 Å². The summed E-state index contributed by atoms with van der Waals surface area (Å²) in [5.41, 5.74) is 1.84. The summed E-state index contributed by atoms with van der Waals surface area (Å²) < 4.78 is 12.7. The van der Waals surface area contributed by atoms with E-state index in [1.54, 1.807) is 36.5 Å². The maximum absolute atomic E-state index is 12.7. The Hall–Kier alpha value is -2.47. The largest absolute Gasteiger partial charge is 0.268 e. The first-order valence-corrected chi connectivity index (χ1v) is 5.06. The lowest BCUT2D eigenvalue weighted by Crippen LogP contribution is -1.84. The van der Waals surface area contributed by atoms with Crippen molar-refractivity contribution in [2.45, 2.75) is 0 Å². The lowest BCUT2D eigenvalue weighted by Gasteiger charge is -1.98. The van der Waals surface area contributed by atoms with Crippen molar-refractivity contribution in [2.75, 3.05) is 0 Å². The van der Waals surface area contributed by atoms with E-state index in [4.69, 9.17) is 6.57 Å². The van der Waals surface area contributed by atoms with Gasteiger partial charge in [0.05, 0.1) is 12.3 Å². The number of halogens is 1. The minimum Gasteiger partial charge on any atom is -0.268 e. The molecule has 0 aliphatic rings. The highest BCUT2D eigenvalue weighted by atomic mass is 19.1. The van der Waals surface area contributed by atoms with Crippen LogP contribution in [0, 0.1) is 12.4 Å². The van der Waals surface area contributed by atoms with Crippen LogP contribution in [0.15, 0.2) is 48.7 Å². The molecule has 2 rings (SSSR count). The number of nitrogens with zero attached hydrogens (tertiary/aromatic N) is 2. The molecule has 0 fully saturated rings. The first-order chi connectivity index (χ1) is 8.29. The highest BCUT2D eigenvalue weighted by Crippen LogP contribution is 2.17. The third-order valence-electron chi connectivity index (χ3n) is 2.22. The molecule has 3 heteroatoms. The lowest BCUT2D eigenvalue weighted by atomic mass is 10.1. The van der Waals surface area contributed by atoms with Gasteiger partial charge in [-0.05, 0) is 35.9 Å². The quantitative estimate of drug-likeness (QED) is 0.712. The molecule has 0 amide bonds. The van der Waals surface area contributed by atoms with Crippen molar-refractivity contribution in [2.24, 2.45) is 0 Å². The first-order valence-electron chi connectivity index (χ1n) is 5.06. The number of benzene rings is 1. The second-order valence-electron chi connectivity index (χ2n) is 3.41. The number of hydrogen-bond acceptors (Lipinski definition) is 1. The summed E-state index contributed by atoms with van der Waals surface area (Å²) in [5.74, 6) is -0.288. The molecule has 0 radical (unpaired) electrons. The van der Waals surface area contributed by atoms with E-state index in [-0.39, 0.29) is 5.82 Å². The molecule has 0 atom stereocenters. The van der Waals surface area contributed by atoms with Crippen LogP contribution in [0.25, 0.3) is 16.6 Å². The predicted octanol–water partition coefficient (Wildman–Crippen LogP) is 3.64. The van der Waals surface area contributed by atoms with Gasteiger partial charge in [0.1, 0.15) is 5.82 Å². The fourth-order valence-electron chi connectivity index (χ4n) is 1.39. The predicted molar refractivity (Wildman–Crippen MR) is 65.1 cm³/mol. The number of pyridine rings is 1. The van der Waals surface area contributed by atoms with E-state index < -0.39 is 0 Å². The summed E-state index contributed by atoms with van der Waals surface area (Å²) in [6.45, 7) is 7.13. The first kappa shape index (κ1) is 11.0. The smallest absolute Gasteiger partial charge is 0.212 e. The van der Waals surface area contributed by atoms with Crippen LogP contribution >= 0.6 is 0 Å². The molecular formula is C14H9FN2. The molecule has 17 heavy (non-hydrogen) atoms. The molecule has 0 saturated heterocycles. The summed E-state index contributed by atoms with van der Waals surface area (Å²) in [5, 5.41) is 0. The van der Waals surface area contributed by atoms with Crippen molar-refractivity contribution in [1.82, 2.24) is 4.98 Å². The molecular weight excluding hydrogens is 215 g/mol. The molecule has 0 unspecified atom stereocenters. The highest BCUT2D eigenvalue weighted by Gasteiger charge is 2.01. The number of hydrogen-bond donors (Lipinski definition) is 0. The monoisotopic (exact) mass is 224 g/mol. The second kappa shape index (κ2) is 5.04. The topological polar surface area (TPSA) is 17.2 Å². The van der Waals surface area contributed by atoms with Crippen molar-refractivity contribution in [3.63, 3.8) is 0 Å². The van der Waals surface area contributed by atoms with Crippen LogP contribution in [0.3, 0.4) is 0 Å². The molecule has 1 aromatic heterocycles. The van der Waals surface area contributed by atoms with E-state index in [0.29, 0.717) is 11.4 Å².